The Balaban J connectivity index is 0.00000126. The Hall–Kier alpha value is -3.18. The molecule has 0 heterocycles. The molecular weight excluding hydrogens is 841 g/mol. The molecule has 8 unspecified atom stereocenters. The molecular formula is C54H98O12. The lowest BCUT2D eigenvalue weighted by atomic mass is 9.45. The van der Waals surface area contributed by atoms with E-state index in [9.17, 15) is 28.8 Å². The van der Waals surface area contributed by atoms with Crippen LogP contribution in [0.3, 0.4) is 0 Å². The summed E-state index contributed by atoms with van der Waals surface area (Å²) < 4.78 is 24.6. The summed E-state index contributed by atoms with van der Waals surface area (Å²) in [6.45, 7) is 23.6. The summed E-state index contributed by atoms with van der Waals surface area (Å²) in [6, 6.07) is 0. The molecule has 4 aliphatic rings. The van der Waals surface area contributed by atoms with Crippen molar-refractivity contribution < 1.29 is 57.6 Å². The molecule has 8 atom stereocenters. The molecule has 4 saturated carbocycles. The van der Waals surface area contributed by atoms with Crippen LogP contribution in [0.25, 0.3) is 0 Å². The van der Waals surface area contributed by atoms with Crippen molar-refractivity contribution in [3.8, 4) is 0 Å². The summed E-state index contributed by atoms with van der Waals surface area (Å²) in [5.74, 6) is 1.91. The SMILES string of the molecule is CC.CC.CC.CC(=O)C1CCC2C3CCC4CCCCC4(C)C3CCC12C.CCCCCCCC(=O)OCC(COC(=O)CCCCCCC)OC(=O)CC(C)CC(=O)OCOC(=O)O. The van der Waals surface area contributed by atoms with E-state index in [0.29, 0.717) is 35.4 Å². The largest absolute Gasteiger partial charge is 0.508 e. The van der Waals surface area contributed by atoms with Crippen molar-refractivity contribution in [1.29, 1.82) is 0 Å². The standard InChI is InChI=1S/C27H46O11.C21H34O.3C2H6/c1-4-6-8-10-12-14-23(28)34-18-22(19-35-24(29)15-13-11-9-7-5-2)38-26(31)17-21(3)16-25(30)36-20-37-27(32)33;1-14(22)17-9-10-18-16-8-7-15-6-4-5-12-20(15,2)19(16)11-13-21(17,18)3;3*1-2/h21-22H,4-20H2,1-3H3,(H,32,33);15-19H,4-13H2,1-3H3;3*1-2H3. The Bertz CT molecular complexity index is 1340. The molecule has 1 N–H and O–H groups in total. The predicted octanol–water partition coefficient (Wildman–Crippen LogP) is 14.0. The first-order valence-electron chi connectivity index (χ1n) is 26.7. The first-order valence-corrected chi connectivity index (χ1v) is 26.7. The van der Waals surface area contributed by atoms with Crippen LogP contribution in [-0.2, 0) is 47.7 Å². The number of unbranched alkanes of at least 4 members (excludes halogenated alkanes) is 8. The van der Waals surface area contributed by atoms with E-state index in [-0.39, 0.29) is 38.9 Å². The number of carbonyl (C=O) groups is 6. The lowest BCUT2D eigenvalue weighted by Gasteiger charge is -2.60. The van der Waals surface area contributed by atoms with E-state index in [1.807, 2.05) is 48.5 Å². The van der Waals surface area contributed by atoms with Gasteiger partial charge in [-0.3, -0.25) is 24.0 Å². The molecule has 4 rings (SSSR count). The second-order valence-electron chi connectivity index (χ2n) is 19.1. The molecule has 0 bridgehead atoms. The van der Waals surface area contributed by atoms with Crippen molar-refractivity contribution in [2.75, 3.05) is 20.0 Å². The predicted molar refractivity (Wildman–Crippen MR) is 262 cm³/mol. The lowest BCUT2D eigenvalue weighted by molar-refractivity contribution is -0.168. The Labute approximate surface area is 401 Å². The maximum atomic E-state index is 12.4. The summed E-state index contributed by atoms with van der Waals surface area (Å²) >= 11 is 0. The van der Waals surface area contributed by atoms with Crippen LogP contribution in [0.4, 0.5) is 4.79 Å². The monoisotopic (exact) mass is 939 g/mol. The molecule has 4 aliphatic carbocycles. The van der Waals surface area contributed by atoms with Gasteiger partial charge in [0.1, 0.15) is 19.0 Å². The summed E-state index contributed by atoms with van der Waals surface area (Å²) in [5, 5.41) is 8.38. The molecule has 66 heavy (non-hydrogen) atoms. The Morgan fingerprint density at radius 3 is 1.64 bits per heavy atom. The van der Waals surface area contributed by atoms with E-state index in [2.05, 4.69) is 37.2 Å². The van der Waals surface area contributed by atoms with E-state index in [1.165, 1.54) is 64.2 Å². The van der Waals surface area contributed by atoms with Gasteiger partial charge in [0.05, 0.1) is 0 Å². The summed E-state index contributed by atoms with van der Waals surface area (Å²) in [7, 11) is 0. The quantitative estimate of drug-likeness (QED) is 0.0421. The zero-order valence-electron chi connectivity index (χ0n) is 44.1. The topological polar surface area (TPSA) is 169 Å². The number of hydrogen-bond acceptors (Lipinski definition) is 11. The molecule has 0 aromatic carbocycles. The molecule has 12 heteroatoms. The molecule has 0 spiro atoms. The van der Waals surface area contributed by atoms with Gasteiger partial charge in [0.25, 0.3) is 0 Å². The molecule has 12 nitrogen and oxygen atoms in total. The van der Waals surface area contributed by atoms with Gasteiger partial charge in [-0.05, 0) is 112 Å². The zero-order valence-corrected chi connectivity index (χ0v) is 44.1. The molecule has 4 fully saturated rings. The zero-order chi connectivity index (χ0) is 50.1. The van der Waals surface area contributed by atoms with E-state index in [0.717, 1.165) is 75.0 Å². The van der Waals surface area contributed by atoms with Gasteiger partial charge in [-0.25, -0.2) is 4.79 Å². The summed E-state index contributed by atoms with van der Waals surface area (Å²) in [5.41, 5.74) is 0.974. The minimum Gasteiger partial charge on any atom is -0.462 e. The third-order valence-corrected chi connectivity index (χ3v) is 14.6. The van der Waals surface area contributed by atoms with Gasteiger partial charge in [0.15, 0.2) is 6.10 Å². The van der Waals surface area contributed by atoms with Gasteiger partial charge in [0.2, 0.25) is 6.79 Å². The van der Waals surface area contributed by atoms with E-state index >= 15 is 0 Å². The van der Waals surface area contributed by atoms with Crippen LogP contribution in [0.5, 0.6) is 0 Å². The number of esters is 4. The van der Waals surface area contributed by atoms with Crippen molar-refractivity contribution in [2.45, 2.75) is 243 Å². The minimum atomic E-state index is -1.57. The Morgan fingerprint density at radius 2 is 1.11 bits per heavy atom. The average molecular weight is 939 g/mol. The molecule has 0 aromatic heterocycles. The summed E-state index contributed by atoms with van der Waals surface area (Å²) in [4.78, 5) is 70.8. The molecule has 0 amide bonds. The van der Waals surface area contributed by atoms with Gasteiger partial charge >= 0.3 is 30.0 Å². The van der Waals surface area contributed by atoms with Gasteiger partial charge < -0.3 is 28.8 Å². The van der Waals surface area contributed by atoms with E-state index in [1.54, 1.807) is 6.92 Å². The van der Waals surface area contributed by atoms with Crippen molar-refractivity contribution in [1.82, 2.24) is 0 Å². The second-order valence-corrected chi connectivity index (χ2v) is 19.1. The van der Waals surface area contributed by atoms with E-state index < -0.39 is 48.8 Å². The van der Waals surface area contributed by atoms with Crippen molar-refractivity contribution >= 4 is 35.8 Å². The van der Waals surface area contributed by atoms with Crippen LogP contribution in [0.1, 0.15) is 237 Å². The van der Waals surface area contributed by atoms with Crippen LogP contribution in [0.15, 0.2) is 0 Å². The van der Waals surface area contributed by atoms with Gasteiger partial charge in [-0.1, -0.05) is 140 Å². The van der Waals surface area contributed by atoms with E-state index in [4.69, 9.17) is 19.3 Å². The van der Waals surface area contributed by atoms with Crippen LogP contribution in [0, 0.1) is 46.3 Å². The van der Waals surface area contributed by atoms with Crippen LogP contribution >= 0.6 is 0 Å². The normalized spacial score (nSPS) is 25.0. The number of fused-ring (bicyclic) bond motifs is 5. The first kappa shape index (κ1) is 62.8. The van der Waals surface area contributed by atoms with Crippen LogP contribution in [0.2, 0.25) is 0 Å². The second kappa shape index (κ2) is 35.9. The maximum Gasteiger partial charge on any atom is 0.508 e. The minimum absolute atomic E-state index is 0.151. The average Bonchev–Trinajstić information content (AvgIpc) is 3.66. The summed E-state index contributed by atoms with van der Waals surface area (Å²) in [6.07, 6.45) is 21.6. The lowest BCUT2D eigenvalue weighted by Crippen LogP contribution is -2.53. The van der Waals surface area contributed by atoms with Gasteiger partial charge in [0, 0.05) is 31.6 Å². The molecule has 0 saturated heterocycles. The Kier molecular flexibility index (Phi) is 34.2. The van der Waals surface area contributed by atoms with Gasteiger partial charge in [-0.2, -0.15) is 0 Å². The smallest absolute Gasteiger partial charge is 0.462 e. The highest BCUT2D eigenvalue weighted by molar-refractivity contribution is 5.79. The number of hydrogen-bond donors (Lipinski definition) is 1. The number of Topliss-reactive ketones (excluding diaryl/α,β-unsaturated/α-hetero) is 1. The third-order valence-electron chi connectivity index (χ3n) is 14.6. The number of carboxylic acid groups (broad SMARTS) is 1. The fraction of sp³-hybridized carbons (Fsp3) is 0.889. The van der Waals surface area contributed by atoms with Crippen LogP contribution < -0.4 is 0 Å². The molecule has 0 aromatic rings. The van der Waals surface area contributed by atoms with Crippen molar-refractivity contribution in [2.24, 2.45) is 46.3 Å². The van der Waals surface area contributed by atoms with Crippen molar-refractivity contribution in [3.05, 3.63) is 0 Å². The highest BCUT2D eigenvalue weighted by Gasteiger charge is 2.60. The highest BCUT2D eigenvalue weighted by Crippen LogP contribution is 2.67. The first-order chi connectivity index (χ1) is 31.6. The maximum absolute atomic E-state index is 12.4. The molecule has 0 radical (unpaired) electrons. The number of carbonyl (C=O) groups excluding carboxylic acids is 5. The number of rotatable bonds is 24. The number of ketones is 1. The fourth-order valence-corrected chi connectivity index (χ4v) is 11.4. The fourth-order valence-electron chi connectivity index (χ4n) is 11.4. The highest BCUT2D eigenvalue weighted by atomic mass is 16.7. The van der Waals surface area contributed by atoms with Crippen molar-refractivity contribution in [3.63, 3.8) is 0 Å². The van der Waals surface area contributed by atoms with Gasteiger partial charge in [-0.15, -0.1) is 0 Å². The molecule has 386 valence electrons. The third kappa shape index (κ3) is 22.3. The Morgan fingerprint density at radius 1 is 0.576 bits per heavy atom. The molecule has 0 aliphatic heterocycles. The number of ether oxygens (including phenoxy) is 5. The van der Waals surface area contributed by atoms with Crippen LogP contribution in [-0.4, -0.2) is 67.0 Å².